The van der Waals surface area contributed by atoms with Gasteiger partial charge in [-0.2, -0.15) is 5.26 Å². The first kappa shape index (κ1) is 14.1. The molecule has 102 valence electrons. The van der Waals surface area contributed by atoms with E-state index in [0.717, 1.165) is 25.8 Å². The zero-order valence-corrected chi connectivity index (χ0v) is 11.9. The Morgan fingerprint density at radius 2 is 1.89 bits per heavy atom. The minimum Gasteiger partial charge on any atom is -0.309 e. The van der Waals surface area contributed by atoms with Crippen LogP contribution in [0, 0.1) is 17.2 Å². The molecule has 2 rings (SSSR count). The quantitative estimate of drug-likeness (QED) is 0.831. The van der Waals surface area contributed by atoms with Gasteiger partial charge in [-0.1, -0.05) is 50.5 Å². The smallest absolute Gasteiger partial charge is 0.0672 e. The fourth-order valence-electron chi connectivity index (χ4n) is 3.02. The molecule has 1 saturated carbocycles. The minimum absolute atomic E-state index is 0.191. The van der Waals surface area contributed by atoms with Gasteiger partial charge in [0.25, 0.3) is 0 Å². The first-order valence-corrected chi connectivity index (χ1v) is 7.55. The summed E-state index contributed by atoms with van der Waals surface area (Å²) in [5, 5.41) is 12.9. The lowest BCUT2D eigenvalue weighted by atomic mass is 9.95. The molecule has 2 unspecified atom stereocenters. The molecule has 1 aromatic carbocycles. The van der Waals surface area contributed by atoms with Crippen LogP contribution in [-0.4, -0.2) is 6.04 Å². The number of rotatable bonds is 4. The molecule has 2 atom stereocenters. The van der Waals surface area contributed by atoms with Crippen molar-refractivity contribution in [1.29, 1.82) is 5.26 Å². The summed E-state index contributed by atoms with van der Waals surface area (Å²) >= 11 is 0. The summed E-state index contributed by atoms with van der Waals surface area (Å²) < 4.78 is 0. The molecule has 0 radical (unpaired) electrons. The maximum Gasteiger partial charge on any atom is 0.0672 e. The third kappa shape index (κ3) is 3.81. The van der Waals surface area contributed by atoms with E-state index < -0.39 is 0 Å². The van der Waals surface area contributed by atoms with E-state index in [0.29, 0.717) is 6.04 Å². The van der Waals surface area contributed by atoms with Gasteiger partial charge >= 0.3 is 0 Å². The first-order chi connectivity index (χ1) is 9.35. The molecule has 0 bridgehead atoms. The van der Waals surface area contributed by atoms with E-state index in [9.17, 15) is 5.26 Å². The SMILES string of the molecule is CCc1ccccc1CNC1CCCCCC1C#N. The van der Waals surface area contributed by atoms with Gasteiger partial charge in [-0.25, -0.2) is 0 Å². The normalized spacial score (nSPS) is 23.6. The molecule has 1 aliphatic rings. The Bertz CT molecular complexity index is 433. The second-order valence-electron chi connectivity index (χ2n) is 5.48. The predicted molar refractivity (Wildman–Crippen MR) is 78.6 cm³/mol. The Morgan fingerprint density at radius 1 is 1.16 bits per heavy atom. The standard InChI is InChI=1S/C17H24N2/c1-2-14-8-6-7-10-16(14)13-19-17-11-5-3-4-9-15(17)12-18/h6-8,10,15,17,19H,2-5,9,11,13H2,1H3. The summed E-state index contributed by atoms with van der Waals surface area (Å²) in [5.41, 5.74) is 2.79. The molecule has 19 heavy (non-hydrogen) atoms. The Hall–Kier alpha value is -1.33. The van der Waals surface area contributed by atoms with Crippen molar-refractivity contribution in [3.63, 3.8) is 0 Å². The van der Waals surface area contributed by atoms with Gasteiger partial charge in [0.15, 0.2) is 0 Å². The van der Waals surface area contributed by atoms with E-state index in [1.54, 1.807) is 0 Å². The summed E-state index contributed by atoms with van der Waals surface area (Å²) in [6.07, 6.45) is 7.02. The molecule has 1 aliphatic carbocycles. The Labute approximate surface area is 116 Å². The van der Waals surface area contributed by atoms with Crippen molar-refractivity contribution in [2.24, 2.45) is 5.92 Å². The summed E-state index contributed by atoms with van der Waals surface area (Å²) in [7, 11) is 0. The number of benzene rings is 1. The lowest BCUT2D eigenvalue weighted by molar-refractivity contribution is 0.393. The number of hydrogen-bond donors (Lipinski definition) is 1. The number of nitrogens with one attached hydrogen (secondary N) is 1. The molecule has 0 aliphatic heterocycles. The molecule has 2 heteroatoms. The fourth-order valence-corrected chi connectivity index (χ4v) is 3.02. The molecule has 0 heterocycles. The van der Waals surface area contributed by atoms with E-state index >= 15 is 0 Å². The van der Waals surface area contributed by atoms with Crippen LogP contribution >= 0.6 is 0 Å². The second-order valence-corrected chi connectivity index (χ2v) is 5.48. The van der Waals surface area contributed by atoms with E-state index in [1.807, 2.05) is 0 Å². The van der Waals surface area contributed by atoms with Crippen molar-refractivity contribution in [2.45, 2.75) is 58.0 Å². The van der Waals surface area contributed by atoms with Crippen molar-refractivity contribution in [1.82, 2.24) is 5.32 Å². The van der Waals surface area contributed by atoms with Crippen LogP contribution in [0.2, 0.25) is 0 Å². The summed E-state index contributed by atoms with van der Waals surface area (Å²) in [6.45, 7) is 3.09. The Balaban J connectivity index is 1.98. The average molecular weight is 256 g/mol. The highest BCUT2D eigenvalue weighted by atomic mass is 14.9. The van der Waals surface area contributed by atoms with E-state index in [1.165, 1.54) is 30.4 Å². The molecule has 1 aromatic rings. The van der Waals surface area contributed by atoms with Crippen LogP contribution in [0.25, 0.3) is 0 Å². The lowest BCUT2D eigenvalue weighted by Gasteiger charge is -2.21. The highest BCUT2D eigenvalue weighted by Gasteiger charge is 2.22. The first-order valence-electron chi connectivity index (χ1n) is 7.55. The van der Waals surface area contributed by atoms with E-state index in [-0.39, 0.29) is 5.92 Å². The summed E-state index contributed by atoms with van der Waals surface area (Å²) in [5.74, 6) is 0.191. The van der Waals surface area contributed by atoms with Crippen molar-refractivity contribution in [2.75, 3.05) is 0 Å². The molecule has 2 nitrogen and oxygen atoms in total. The van der Waals surface area contributed by atoms with Crippen LogP contribution in [0.5, 0.6) is 0 Å². The maximum absolute atomic E-state index is 9.29. The molecule has 1 fully saturated rings. The van der Waals surface area contributed by atoms with Crippen LogP contribution < -0.4 is 5.32 Å². The highest BCUT2D eigenvalue weighted by Crippen LogP contribution is 2.23. The van der Waals surface area contributed by atoms with Crippen LogP contribution in [0.15, 0.2) is 24.3 Å². The van der Waals surface area contributed by atoms with Crippen molar-refractivity contribution in [3.8, 4) is 6.07 Å². The maximum atomic E-state index is 9.29. The number of nitriles is 1. The number of hydrogen-bond acceptors (Lipinski definition) is 2. The largest absolute Gasteiger partial charge is 0.309 e. The lowest BCUT2D eigenvalue weighted by Crippen LogP contribution is -2.34. The summed E-state index contributed by atoms with van der Waals surface area (Å²) in [6, 6.07) is 11.5. The third-order valence-corrected chi connectivity index (χ3v) is 4.24. The van der Waals surface area contributed by atoms with Gasteiger partial charge < -0.3 is 5.32 Å². The Morgan fingerprint density at radius 3 is 2.63 bits per heavy atom. The van der Waals surface area contributed by atoms with Crippen molar-refractivity contribution < 1.29 is 0 Å². The summed E-state index contributed by atoms with van der Waals surface area (Å²) in [4.78, 5) is 0. The molecule has 1 N–H and O–H groups in total. The molecule has 0 spiro atoms. The van der Waals surface area contributed by atoms with Gasteiger partial charge in [0, 0.05) is 12.6 Å². The number of nitrogens with zero attached hydrogens (tertiary/aromatic N) is 1. The second kappa shape index (κ2) is 7.31. The van der Waals surface area contributed by atoms with Crippen molar-refractivity contribution in [3.05, 3.63) is 35.4 Å². The van der Waals surface area contributed by atoms with Crippen LogP contribution in [0.4, 0.5) is 0 Å². The molecular formula is C17H24N2. The minimum atomic E-state index is 0.191. The van der Waals surface area contributed by atoms with Gasteiger partial charge in [0.2, 0.25) is 0 Å². The van der Waals surface area contributed by atoms with Gasteiger partial charge in [-0.05, 0) is 30.4 Å². The molecule has 0 aromatic heterocycles. The van der Waals surface area contributed by atoms with Crippen LogP contribution in [0.1, 0.15) is 50.2 Å². The fraction of sp³-hybridized carbons (Fsp3) is 0.588. The monoisotopic (exact) mass is 256 g/mol. The van der Waals surface area contributed by atoms with Crippen molar-refractivity contribution >= 4 is 0 Å². The molecule has 0 saturated heterocycles. The average Bonchev–Trinajstić information content (AvgIpc) is 2.70. The van der Waals surface area contributed by atoms with Crippen LogP contribution in [0.3, 0.4) is 0 Å². The zero-order valence-electron chi connectivity index (χ0n) is 11.9. The van der Waals surface area contributed by atoms with Gasteiger partial charge in [0.1, 0.15) is 0 Å². The topological polar surface area (TPSA) is 35.8 Å². The number of aryl methyl sites for hydroxylation is 1. The van der Waals surface area contributed by atoms with E-state index in [2.05, 4.69) is 42.6 Å². The Kier molecular flexibility index (Phi) is 5.42. The molecule has 0 amide bonds. The molecular weight excluding hydrogens is 232 g/mol. The van der Waals surface area contributed by atoms with Gasteiger partial charge in [0.05, 0.1) is 12.0 Å². The predicted octanol–water partition coefficient (Wildman–Crippen LogP) is 3.81. The van der Waals surface area contributed by atoms with Gasteiger partial charge in [-0.15, -0.1) is 0 Å². The third-order valence-electron chi connectivity index (χ3n) is 4.24. The van der Waals surface area contributed by atoms with Crippen LogP contribution in [-0.2, 0) is 13.0 Å². The highest BCUT2D eigenvalue weighted by molar-refractivity contribution is 5.26. The zero-order chi connectivity index (χ0) is 13.5. The van der Waals surface area contributed by atoms with E-state index in [4.69, 9.17) is 0 Å². The van der Waals surface area contributed by atoms with Gasteiger partial charge in [-0.3, -0.25) is 0 Å².